The van der Waals surface area contributed by atoms with Crippen molar-refractivity contribution in [3.63, 3.8) is 0 Å². The monoisotopic (exact) mass is 258 g/mol. The van der Waals surface area contributed by atoms with E-state index in [9.17, 15) is 4.39 Å². The van der Waals surface area contributed by atoms with Crippen molar-refractivity contribution in [3.8, 4) is 0 Å². The topological polar surface area (TPSA) is 24.5 Å². The van der Waals surface area contributed by atoms with Crippen molar-refractivity contribution in [1.82, 2.24) is 5.32 Å². The van der Waals surface area contributed by atoms with Gasteiger partial charge in [-0.25, -0.2) is 4.39 Å². The predicted molar refractivity (Wildman–Crippen MR) is 67.3 cm³/mol. The molecule has 1 atom stereocenters. The molecule has 0 bridgehead atoms. The van der Waals surface area contributed by atoms with Gasteiger partial charge in [-0.3, -0.25) is 0 Å². The number of nitrogens with one attached hydrogen (secondary N) is 1. The maximum absolute atomic E-state index is 13.1. The number of ether oxygens (including phenoxy) is 1. The molecule has 3 nitrogen and oxygen atoms in total. The molecule has 5 heteroatoms. The van der Waals surface area contributed by atoms with Gasteiger partial charge in [-0.15, -0.1) is 0 Å². The number of rotatable bonds is 3. The molecule has 1 saturated heterocycles. The van der Waals surface area contributed by atoms with E-state index in [-0.39, 0.29) is 16.9 Å². The molecular formula is C12H16ClFN2O. The molecule has 0 aromatic heterocycles. The summed E-state index contributed by atoms with van der Waals surface area (Å²) in [6, 6.07) is 5.10. The van der Waals surface area contributed by atoms with E-state index in [0.29, 0.717) is 13.2 Å². The lowest BCUT2D eigenvalue weighted by Gasteiger charge is -2.37. The van der Waals surface area contributed by atoms with E-state index < -0.39 is 0 Å². The second-order valence-corrected chi connectivity index (χ2v) is 4.49. The van der Waals surface area contributed by atoms with Gasteiger partial charge >= 0.3 is 0 Å². The number of benzene rings is 1. The lowest BCUT2D eigenvalue weighted by Crippen LogP contribution is -2.50. The van der Waals surface area contributed by atoms with Crippen LogP contribution in [-0.4, -0.2) is 39.4 Å². The Bertz CT molecular complexity index is 387. The zero-order valence-corrected chi connectivity index (χ0v) is 10.5. The maximum Gasteiger partial charge on any atom is 0.141 e. The van der Waals surface area contributed by atoms with Crippen LogP contribution in [-0.2, 0) is 4.74 Å². The first-order chi connectivity index (χ1) is 8.22. The van der Waals surface area contributed by atoms with Crippen LogP contribution in [0.1, 0.15) is 0 Å². The molecule has 0 radical (unpaired) electrons. The second kappa shape index (κ2) is 5.67. The average molecular weight is 259 g/mol. The van der Waals surface area contributed by atoms with Gasteiger partial charge in [0.25, 0.3) is 0 Å². The van der Waals surface area contributed by atoms with Crippen LogP contribution < -0.4 is 10.2 Å². The number of anilines is 1. The second-order valence-electron chi connectivity index (χ2n) is 4.08. The highest BCUT2D eigenvalue weighted by Gasteiger charge is 2.23. The molecule has 0 amide bonds. The fourth-order valence-electron chi connectivity index (χ4n) is 2.06. The van der Waals surface area contributed by atoms with Gasteiger partial charge in [-0.1, -0.05) is 11.6 Å². The van der Waals surface area contributed by atoms with Crippen molar-refractivity contribution in [2.75, 3.05) is 38.3 Å². The lowest BCUT2D eigenvalue weighted by molar-refractivity contribution is 0.0943. The van der Waals surface area contributed by atoms with Crippen molar-refractivity contribution < 1.29 is 9.13 Å². The first-order valence-electron chi connectivity index (χ1n) is 5.66. The minimum atomic E-state index is -0.381. The van der Waals surface area contributed by atoms with Crippen molar-refractivity contribution in [1.29, 1.82) is 0 Å². The summed E-state index contributed by atoms with van der Waals surface area (Å²) in [5, 5.41) is 3.30. The summed E-state index contributed by atoms with van der Waals surface area (Å²) in [6.45, 7) is 2.99. The summed E-state index contributed by atoms with van der Waals surface area (Å²) in [7, 11) is 1.91. The molecule has 1 aromatic carbocycles. The van der Waals surface area contributed by atoms with Crippen LogP contribution in [0.5, 0.6) is 0 Å². The van der Waals surface area contributed by atoms with Crippen LogP contribution in [0.25, 0.3) is 0 Å². The number of hydrogen-bond donors (Lipinski definition) is 1. The Labute approximate surface area is 106 Å². The molecule has 2 rings (SSSR count). The molecule has 1 N–H and O–H groups in total. The molecule has 1 heterocycles. The van der Waals surface area contributed by atoms with Gasteiger partial charge in [-0.05, 0) is 25.2 Å². The summed E-state index contributed by atoms with van der Waals surface area (Å²) >= 11 is 5.81. The van der Waals surface area contributed by atoms with Gasteiger partial charge in [0, 0.05) is 18.8 Å². The standard InChI is InChI=1S/C12H16ClFN2O/c1-15-7-10-8-17-5-4-16(10)9-2-3-12(14)11(13)6-9/h2-3,6,10,15H,4-5,7-8H2,1H3. The third-order valence-electron chi connectivity index (χ3n) is 2.90. The molecular weight excluding hydrogens is 243 g/mol. The van der Waals surface area contributed by atoms with Crippen LogP contribution in [0.2, 0.25) is 5.02 Å². The fraction of sp³-hybridized carbons (Fsp3) is 0.500. The third kappa shape index (κ3) is 2.89. The Morgan fingerprint density at radius 3 is 3.12 bits per heavy atom. The summed E-state index contributed by atoms with van der Waals surface area (Å²) in [6.07, 6.45) is 0. The SMILES string of the molecule is CNCC1COCCN1c1ccc(F)c(Cl)c1. The molecule has 0 spiro atoms. The number of nitrogens with zero attached hydrogens (tertiary/aromatic N) is 1. The largest absolute Gasteiger partial charge is 0.377 e. The van der Waals surface area contributed by atoms with Gasteiger partial charge in [-0.2, -0.15) is 0 Å². The Balaban J connectivity index is 2.20. The molecule has 0 saturated carbocycles. The molecule has 17 heavy (non-hydrogen) atoms. The van der Waals surface area contributed by atoms with Crippen LogP contribution in [0, 0.1) is 5.82 Å². The van der Waals surface area contributed by atoms with E-state index in [1.54, 1.807) is 12.1 Å². The molecule has 1 aliphatic heterocycles. The van der Waals surface area contributed by atoms with Gasteiger partial charge in [0.2, 0.25) is 0 Å². The summed E-state index contributed by atoms with van der Waals surface area (Å²) in [5.41, 5.74) is 0.944. The zero-order valence-electron chi connectivity index (χ0n) is 9.75. The van der Waals surface area contributed by atoms with E-state index in [1.807, 2.05) is 7.05 Å². The first kappa shape index (κ1) is 12.6. The van der Waals surface area contributed by atoms with Crippen molar-refractivity contribution in [2.24, 2.45) is 0 Å². The third-order valence-corrected chi connectivity index (χ3v) is 3.19. The normalized spacial score (nSPS) is 20.6. The Kier molecular flexibility index (Phi) is 4.20. The number of hydrogen-bond acceptors (Lipinski definition) is 3. The quantitative estimate of drug-likeness (QED) is 0.896. The molecule has 0 aliphatic carbocycles. The van der Waals surface area contributed by atoms with Gasteiger partial charge < -0.3 is 15.0 Å². The summed E-state index contributed by atoms with van der Waals surface area (Å²) < 4.78 is 18.6. The Morgan fingerprint density at radius 2 is 2.41 bits per heavy atom. The molecule has 1 aliphatic rings. The van der Waals surface area contributed by atoms with E-state index in [4.69, 9.17) is 16.3 Å². The number of likely N-dealkylation sites (N-methyl/N-ethyl adjacent to an activating group) is 1. The highest BCUT2D eigenvalue weighted by atomic mass is 35.5. The van der Waals surface area contributed by atoms with Crippen LogP contribution in [0.4, 0.5) is 10.1 Å². The van der Waals surface area contributed by atoms with Gasteiger partial charge in [0.1, 0.15) is 5.82 Å². The highest BCUT2D eigenvalue weighted by Crippen LogP contribution is 2.25. The molecule has 1 aromatic rings. The van der Waals surface area contributed by atoms with Crippen molar-refractivity contribution in [2.45, 2.75) is 6.04 Å². The smallest absolute Gasteiger partial charge is 0.141 e. The van der Waals surface area contributed by atoms with Gasteiger partial charge in [0.05, 0.1) is 24.3 Å². The predicted octanol–water partition coefficient (Wildman–Crippen LogP) is 1.90. The van der Waals surface area contributed by atoms with Crippen molar-refractivity contribution >= 4 is 17.3 Å². The van der Waals surface area contributed by atoms with Crippen LogP contribution in [0.3, 0.4) is 0 Å². The summed E-state index contributed by atoms with van der Waals surface area (Å²) in [4.78, 5) is 2.20. The number of morpholine rings is 1. The maximum atomic E-state index is 13.1. The summed E-state index contributed by atoms with van der Waals surface area (Å²) in [5.74, 6) is -0.381. The number of halogens is 2. The molecule has 1 fully saturated rings. The fourth-order valence-corrected chi connectivity index (χ4v) is 2.24. The van der Waals surface area contributed by atoms with Crippen molar-refractivity contribution in [3.05, 3.63) is 29.0 Å². The molecule has 94 valence electrons. The minimum Gasteiger partial charge on any atom is -0.377 e. The zero-order chi connectivity index (χ0) is 12.3. The average Bonchev–Trinajstić information content (AvgIpc) is 2.34. The van der Waals surface area contributed by atoms with Gasteiger partial charge in [0.15, 0.2) is 0 Å². The van der Waals surface area contributed by atoms with E-state index in [0.717, 1.165) is 18.8 Å². The Hall–Kier alpha value is -0.840. The highest BCUT2D eigenvalue weighted by molar-refractivity contribution is 6.31. The van der Waals surface area contributed by atoms with Crippen LogP contribution >= 0.6 is 11.6 Å². The lowest BCUT2D eigenvalue weighted by atomic mass is 10.2. The minimum absolute atomic E-state index is 0.164. The first-order valence-corrected chi connectivity index (χ1v) is 6.04. The van der Waals surface area contributed by atoms with E-state index in [2.05, 4.69) is 10.2 Å². The van der Waals surface area contributed by atoms with E-state index in [1.165, 1.54) is 6.07 Å². The Morgan fingerprint density at radius 1 is 1.59 bits per heavy atom. The van der Waals surface area contributed by atoms with Crippen LogP contribution in [0.15, 0.2) is 18.2 Å². The molecule has 1 unspecified atom stereocenters. The van der Waals surface area contributed by atoms with E-state index >= 15 is 0 Å².